The Bertz CT molecular complexity index is 437. The molecule has 2 nitrogen and oxygen atoms in total. The maximum atomic E-state index is 13.6. The monoisotopic (exact) mass is 321 g/mol. The fourth-order valence-corrected chi connectivity index (χ4v) is 1.75. The van der Waals surface area contributed by atoms with Gasteiger partial charge in [-0.25, -0.2) is 4.39 Å². The van der Waals surface area contributed by atoms with Gasteiger partial charge in [-0.3, -0.25) is 4.79 Å². The molecular weight excluding hydrogens is 308 g/mol. The fraction of sp³-hybridized carbons (Fsp3) is 0.417. The first-order valence-corrected chi connectivity index (χ1v) is 6.41. The number of amides is 1. The zero-order valence-corrected chi connectivity index (χ0v) is 12.3. The van der Waals surface area contributed by atoms with Crippen molar-refractivity contribution < 1.29 is 9.18 Å². The van der Waals surface area contributed by atoms with E-state index in [1.807, 2.05) is 13.8 Å². The topological polar surface area (TPSA) is 20.3 Å². The zero-order chi connectivity index (χ0) is 13.2. The summed E-state index contributed by atoms with van der Waals surface area (Å²) in [5.74, 6) is -0.630. The molecule has 0 aliphatic heterocycles. The first kappa shape index (κ1) is 14.5. The number of alkyl halides is 1. The molecule has 0 saturated heterocycles. The molecule has 0 radical (unpaired) electrons. The molecule has 5 heteroatoms. The minimum Gasteiger partial charge on any atom is -0.335 e. The number of benzene rings is 1. The molecule has 0 unspecified atom stereocenters. The van der Waals surface area contributed by atoms with Crippen molar-refractivity contribution in [2.24, 2.45) is 0 Å². The molecule has 17 heavy (non-hydrogen) atoms. The molecule has 0 saturated carbocycles. The van der Waals surface area contributed by atoms with Crippen molar-refractivity contribution in [3.8, 4) is 0 Å². The van der Waals surface area contributed by atoms with Crippen LogP contribution in [-0.2, 0) is 0 Å². The van der Waals surface area contributed by atoms with Gasteiger partial charge in [-0.2, -0.15) is 0 Å². The molecule has 94 valence electrons. The van der Waals surface area contributed by atoms with Gasteiger partial charge in [-0.1, -0.05) is 15.9 Å². The van der Waals surface area contributed by atoms with Crippen molar-refractivity contribution in [1.29, 1.82) is 0 Å². The average Bonchev–Trinajstić information content (AvgIpc) is 2.30. The lowest BCUT2D eigenvalue weighted by Crippen LogP contribution is -2.46. The zero-order valence-electron chi connectivity index (χ0n) is 9.93. The van der Waals surface area contributed by atoms with Gasteiger partial charge in [0.15, 0.2) is 0 Å². The summed E-state index contributed by atoms with van der Waals surface area (Å²) in [5, 5.41) is 0. The molecule has 0 aliphatic carbocycles. The summed E-state index contributed by atoms with van der Waals surface area (Å²) < 4.78 is 14.2. The molecule has 1 aromatic carbocycles. The van der Waals surface area contributed by atoms with Crippen LogP contribution in [0.3, 0.4) is 0 Å². The second kappa shape index (κ2) is 5.36. The Hall–Kier alpha value is -0.610. The third-order valence-electron chi connectivity index (χ3n) is 2.70. The quantitative estimate of drug-likeness (QED) is 0.777. The smallest absolute Gasteiger partial charge is 0.257 e. The lowest BCUT2D eigenvalue weighted by molar-refractivity contribution is 0.0655. The lowest BCUT2D eigenvalue weighted by Gasteiger charge is -2.34. The van der Waals surface area contributed by atoms with Gasteiger partial charge in [0.2, 0.25) is 0 Å². The minimum absolute atomic E-state index is 0.0417. The number of nitrogens with zero attached hydrogens (tertiary/aromatic N) is 1. The van der Waals surface area contributed by atoms with Crippen LogP contribution >= 0.6 is 27.5 Å². The summed E-state index contributed by atoms with van der Waals surface area (Å²) in [4.78, 5) is 13.6. The molecule has 0 N–H and O–H groups in total. The number of carbonyl (C=O) groups excluding carboxylic acids is 1. The Labute approximate surface area is 114 Å². The number of rotatable bonds is 3. The van der Waals surface area contributed by atoms with E-state index in [0.717, 1.165) is 0 Å². The average molecular weight is 323 g/mol. The standard InChI is InChI=1S/C12H14BrClFNO/c1-12(2,7-14)16(3)11(17)9-6-8(13)4-5-10(9)15/h4-6H,7H2,1-3H3. The Balaban J connectivity index is 3.08. The van der Waals surface area contributed by atoms with Gasteiger partial charge < -0.3 is 4.90 Å². The lowest BCUT2D eigenvalue weighted by atomic mass is 10.0. The highest BCUT2D eigenvalue weighted by Gasteiger charge is 2.28. The van der Waals surface area contributed by atoms with Crippen LogP contribution in [0.2, 0.25) is 0 Å². The van der Waals surface area contributed by atoms with Crippen LogP contribution < -0.4 is 0 Å². The number of hydrogen-bond donors (Lipinski definition) is 0. The predicted molar refractivity (Wildman–Crippen MR) is 71.0 cm³/mol. The van der Waals surface area contributed by atoms with Crippen LogP contribution in [0.15, 0.2) is 22.7 Å². The highest BCUT2D eigenvalue weighted by Crippen LogP contribution is 2.21. The summed E-state index contributed by atoms with van der Waals surface area (Å²) in [7, 11) is 1.62. The van der Waals surface area contributed by atoms with Gasteiger partial charge >= 0.3 is 0 Å². The van der Waals surface area contributed by atoms with Gasteiger partial charge in [0.1, 0.15) is 5.82 Å². The van der Waals surface area contributed by atoms with Crippen LogP contribution in [0.4, 0.5) is 4.39 Å². The molecule has 0 aliphatic rings. The van der Waals surface area contributed by atoms with Crippen LogP contribution in [-0.4, -0.2) is 29.3 Å². The molecule has 0 fully saturated rings. The van der Waals surface area contributed by atoms with Crippen LogP contribution in [0.5, 0.6) is 0 Å². The van der Waals surface area contributed by atoms with Crippen molar-refractivity contribution in [3.05, 3.63) is 34.1 Å². The first-order valence-electron chi connectivity index (χ1n) is 5.09. The van der Waals surface area contributed by atoms with Crippen LogP contribution in [0.1, 0.15) is 24.2 Å². The third kappa shape index (κ3) is 3.19. The fourth-order valence-electron chi connectivity index (χ4n) is 1.21. The molecular formula is C12H14BrClFNO. The summed E-state index contributed by atoms with van der Waals surface area (Å²) in [6.07, 6.45) is 0. The van der Waals surface area contributed by atoms with E-state index in [0.29, 0.717) is 4.47 Å². The van der Waals surface area contributed by atoms with E-state index in [1.54, 1.807) is 13.1 Å². The van der Waals surface area contributed by atoms with E-state index in [2.05, 4.69) is 15.9 Å². The molecule has 0 heterocycles. The molecule has 1 rings (SSSR count). The summed E-state index contributed by atoms with van der Waals surface area (Å²) in [6, 6.07) is 4.29. The third-order valence-corrected chi connectivity index (χ3v) is 3.85. The molecule has 0 spiro atoms. The van der Waals surface area contributed by atoms with E-state index >= 15 is 0 Å². The van der Waals surface area contributed by atoms with E-state index in [9.17, 15) is 9.18 Å². The molecule has 1 amide bonds. The summed E-state index contributed by atoms with van der Waals surface area (Å²) in [6.45, 7) is 3.65. The van der Waals surface area contributed by atoms with E-state index in [4.69, 9.17) is 11.6 Å². The normalized spacial score (nSPS) is 11.4. The predicted octanol–water partition coefficient (Wildman–Crippen LogP) is 3.68. The first-order chi connectivity index (χ1) is 7.79. The Kier molecular flexibility index (Phi) is 4.55. The van der Waals surface area contributed by atoms with Crippen molar-refractivity contribution in [1.82, 2.24) is 4.90 Å². The highest BCUT2D eigenvalue weighted by molar-refractivity contribution is 9.10. The van der Waals surface area contributed by atoms with Crippen molar-refractivity contribution in [3.63, 3.8) is 0 Å². The maximum Gasteiger partial charge on any atom is 0.257 e. The summed E-state index contributed by atoms with van der Waals surface area (Å²) >= 11 is 9.01. The molecule has 1 aromatic rings. The summed E-state index contributed by atoms with van der Waals surface area (Å²) in [5.41, 5.74) is -0.479. The van der Waals surface area contributed by atoms with Gasteiger partial charge in [0.05, 0.1) is 11.1 Å². The number of hydrogen-bond acceptors (Lipinski definition) is 1. The Morgan fingerprint density at radius 2 is 2.12 bits per heavy atom. The van der Waals surface area contributed by atoms with E-state index < -0.39 is 11.4 Å². The van der Waals surface area contributed by atoms with Gasteiger partial charge in [0, 0.05) is 17.4 Å². The highest BCUT2D eigenvalue weighted by atomic mass is 79.9. The second-order valence-corrected chi connectivity index (χ2v) is 5.62. The molecule has 0 atom stereocenters. The van der Waals surface area contributed by atoms with Crippen LogP contribution in [0, 0.1) is 5.82 Å². The van der Waals surface area contributed by atoms with Gasteiger partial charge in [0.25, 0.3) is 5.91 Å². The van der Waals surface area contributed by atoms with Crippen molar-refractivity contribution in [2.75, 3.05) is 12.9 Å². The van der Waals surface area contributed by atoms with E-state index in [-0.39, 0.29) is 17.4 Å². The minimum atomic E-state index is -0.532. The number of carbonyl (C=O) groups is 1. The van der Waals surface area contributed by atoms with Gasteiger partial charge in [-0.15, -0.1) is 11.6 Å². The van der Waals surface area contributed by atoms with Crippen molar-refractivity contribution >= 4 is 33.4 Å². The Morgan fingerprint density at radius 3 is 2.65 bits per heavy atom. The molecule has 0 bridgehead atoms. The van der Waals surface area contributed by atoms with E-state index in [1.165, 1.54) is 17.0 Å². The Morgan fingerprint density at radius 1 is 1.53 bits per heavy atom. The van der Waals surface area contributed by atoms with Gasteiger partial charge in [-0.05, 0) is 32.0 Å². The SMILES string of the molecule is CN(C(=O)c1cc(Br)ccc1F)C(C)(C)CCl. The van der Waals surface area contributed by atoms with Crippen LogP contribution in [0.25, 0.3) is 0 Å². The van der Waals surface area contributed by atoms with Crippen molar-refractivity contribution in [2.45, 2.75) is 19.4 Å². The second-order valence-electron chi connectivity index (χ2n) is 4.43. The molecule has 0 aromatic heterocycles. The number of halogens is 3. The largest absolute Gasteiger partial charge is 0.335 e. The maximum absolute atomic E-state index is 13.6.